The van der Waals surface area contributed by atoms with E-state index in [-0.39, 0.29) is 12.5 Å². The summed E-state index contributed by atoms with van der Waals surface area (Å²) in [6.07, 6.45) is 14.0. The predicted molar refractivity (Wildman–Crippen MR) is 121 cm³/mol. The summed E-state index contributed by atoms with van der Waals surface area (Å²) >= 11 is 5.66. The first-order valence-corrected chi connectivity index (χ1v) is 13.5. The summed E-state index contributed by atoms with van der Waals surface area (Å²) < 4.78 is 29.0. The van der Waals surface area contributed by atoms with Crippen LogP contribution in [0.2, 0.25) is 0 Å². The van der Waals surface area contributed by atoms with Gasteiger partial charge in [0.25, 0.3) is 0 Å². The first-order chi connectivity index (χ1) is 13.4. The SMILES string of the molecule is CC(C)CCCCCCCOP(=O)(OCCCl)OCCCCCCCC(C)C. The van der Waals surface area contributed by atoms with Crippen LogP contribution >= 0.6 is 19.4 Å². The quantitative estimate of drug-likeness (QED) is 0.102. The van der Waals surface area contributed by atoms with Gasteiger partial charge >= 0.3 is 7.82 Å². The number of phosphoric ester groups is 1. The largest absolute Gasteiger partial charge is 0.474 e. The lowest BCUT2D eigenvalue weighted by molar-refractivity contribution is 0.114. The molecule has 0 N–H and O–H groups in total. The van der Waals surface area contributed by atoms with Gasteiger partial charge in [-0.15, -0.1) is 11.6 Å². The second-order valence-electron chi connectivity index (χ2n) is 8.54. The van der Waals surface area contributed by atoms with Gasteiger partial charge in [-0.1, -0.05) is 91.9 Å². The monoisotopic (exact) mass is 440 g/mol. The van der Waals surface area contributed by atoms with Crippen LogP contribution in [-0.4, -0.2) is 25.7 Å². The average molecular weight is 441 g/mol. The topological polar surface area (TPSA) is 44.8 Å². The van der Waals surface area contributed by atoms with Crippen molar-refractivity contribution in [3.8, 4) is 0 Å². The lowest BCUT2D eigenvalue weighted by Gasteiger charge is -2.17. The summed E-state index contributed by atoms with van der Waals surface area (Å²) in [4.78, 5) is 0. The molecule has 0 aliphatic carbocycles. The Morgan fingerprint density at radius 2 is 0.964 bits per heavy atom. The Hall–Kier alpha value is 0.400. The molecule has 0 aromatic heterocycles. The van der Waals surface area contributed by atoms with Crippen molar-refractivity contribution in [2.24, 2.45) is 11.8 Å². The fraction of sp³-hybridized carbons (Fsp3) is 1.00. The van der Waals surface area contributed by atoms with Crippen LogP contribution in [0.5, 0.6) is 0 Å². The van der Waals surface area contributed by atoms with Gasteiger partial charge < -0.3 is 0 Å². The van der Waals surface area contributed by atoms with Gasteiger partial charge in [0.1, 0.15) is 0 Å². The van der Waals surface area contributed by atoms with Crippen molar-refractivity contribution in [3.63, 3.8) is 0 Å². The molecule has 0 heterocycles. The van der Waals surface area contributed by atoms with Crippen molar-refractivity contribution >= 4 is 19.4 Å². The minimum atomic E-state index is -3.47. The van der Waals surface area contributed by atoms with E-state index in [4.69, 9.17) is 25.2 Å². The molecule has 0 saturated carbocycles. The van der Waals surface area contributed by atoms with Gasteiger partial charge in [-0.2, -0.15) is 0 Å². The second kappa shape index (κ2) is 19.4. The molecule has 0 radical (unpaired) electrons. The van der Waals surface area contributed by atoms with Gasteiger partial charge in [-0.05, 0) is 24.7 Å². The maximum atomic E-state index is 12.7. The normalized spacial score (nSPS) is 12.4. The third-order valence-electron chi connectivity index (χ3n) is 4.68. The van der Waals surface area contributed by atoms with E-state index in [9.17, 15) is 4.57 Å². The zero-order valence-electron chi connectivity index (χ0n) is 18.9. The summed E-state index contributed by atoms with van der Waals surface area (Å²) in [6.45, 7) is 10.1. The zero-order chi connectivity index (χ0) is 21.1. The summed E-state index contributed by atoms with van der Waals surface area (Å²) in [7, 11) is -3.47. The summed E-state index contributed by atoms with van der Waals surface area (Å²) in [5.74, 6) is 1.85. The molecule has 0 atom stereocenters. The third-order valence-corrected chi connectivity index (χ3v) is 6.33. The van der Waals surface area contributed by atoms with Crippen LogP contribution in [0.1, 0.15) is 105 Å². The Morgan fingerprint density at radius 3 is 1.36 bits per heavy atom. The first kappa shape index (κ1) is 28.4. The van der Waals surface area contributed by atoms with E-state index in [0.717, 1.165) is 37.5 Å². The Bertz CT molecular complexity index is 350. The molecule has 0 aromatic rings. The first-order valence-electron chi connectivity index (χ1n) is 11.5. The smallest absolute Gasteiger partial charge is 0.287 e. The van der Waals surface area contributed by atoms with Crippen LogP contribution in [0.15, 0.2) is 0 Å². The van der Waals surface area contributed by atoms with Crippen molar-refractivity contribution in [1.82, 2.24) is 0 Å². The van der Waals surface area contributed by atoms with E-state index in [2.05, 4.69) is 27.7 Å². The van der Waals surface area contributed by atoms with Crippen molar-refractivity contribution in [3.05, 3.63) is 0 Å². The highest BCUT2D eigenvalue weighted by molar-refractivity contribution is 7.48. The predicted octanol–water partition coefficient (Wildman–Crippen LogP) is 8.38. The molecule has 0 spiro atoms. The molecule has 4 nitrogen and oxygen atoms in total. The van der Waals surface area contributed by atoms with Crippen molar-refractivity contribution in [1.29, 1.82) is 0 Å². The highest BCUT2D eigenvalue weighted by Gasteiger charge is 2.26. The molecule has 0 aliphatic rings. The lowest BCUT2D eigenvalue weighted by atomic mass is 10.0. The number of hydrogen-bond donors (Lipinski definition) is 0. The molecular weight excluding hydrogens is 395 g/mol. The lowest BCUT2D eigenvalue weighted by Crippen LogP contribution is -2.05. The van der Waals surface area contributed by atoms with E-state index in [1.165, 1.54) is 51.4 Å². The van der Waals surface area contributed by atoms with Gasteiger partial charge in [0, 0.05) is 5.88 Å². The van der Waals surface area contributed by atoms with E-state index in [0.29, 0.717) is 13.2 Å². The van der Waals surface area contributed by atoms with E-state index >= 15 is 0 Å². The van der Waals surface area contributed by atoms with Crippen molar-refractivity contribution in [2.45, 2.75) is 105 Å². The number of hydrogen-bond acceptors (Lipinski definition) is 4. The van der Waals surface area contributed by atoms with Crippen LogP contribution in [-0.2, 0) is 18.1 Å². The molecule has 6 heteroatoms. The maximum absolute atomic E-state index is 12.7. The van der Waals surface area contributed by atoms with Crippen LogP contribution in [0, 0.1) is 11.8 Å². The second-order valence-corrected chi connectivity index (χ2v) is 10.6. The minimum absolute atomic E-state index is 0.184. The number of alkyl halides is 1. The molecule has 0 fully saturated rings. The third kappa shape index (κ3) is 19.7. The molecule has 0 aliphatic heterocycles. The fourth-order valence-corrected chi connectivity index (χ4v) is 4.41. The van der Waals surface area contributed by atoms with Crippen LogP contribution in [0.4, 0.5) is 0 Å². The van der Waals surface area contributed by atoms with Gasteiger partial charge in [0.15, 0.2) is 0 Å². The summed E-state index contributed by atoms with van der Waals surface area (Å²) in [6, 6.07) is 0. The molecule has 0 aromatic carbocycles. The molecule has 0 bridgehead atoms. The number of halogens is 1. The zero-order valence-corrected chi connectivity index (χ0v) is 20.6. The number of unbranched alkanes of at least 4 members (excludes halogenated alkanes) is 8. The molecule has 0 amide bonds. The number of phosphoric acid groups is 1. The Kier molecular flexibility index (Phi) is 19.6. The summed E-state index contributed by atoms with van der Waals surface area (Å²) in [5.41, 5.74) is 0. The van der Waals surface area contributed by atoms with Crippen LogP contribution in [0.25, 0.3) is 0 Å². The maximum Gasteiger partial charge on any atom is 0.474 e. The number of rotatable bonds is 21. The standard InChI is InChI=1S/C22H46ClO4P/c1-21(2)15-11-7-5-9-13-18-25-28(24,27-20-17-23)26-19-14-10-6-8-12-16-22(3)4/h21-22H,5-20H2,1-4H3. The molecule has 0 unspecified atom stereocenters. The van der Waals surface area contributed by atoms with E-state index < -0.39 is 7.82 Å². The highest BCUT2D eigenvalue weighted by atomic mass is 35.5. The molecule has 0 rings (SSSR count). The van der Waals surface area contributed by atoms with Crippen molar-refractivity contribution < 1.29 is 18.1 Å². The van der Waals surface area contributed by atoms with Gasteiger partial charge in [0.2, 0.25) is 0 Å². The average Bonchev–Trinajstić information content (AvgIpc) is 2.64. The van der Waals surface area contributed by atoms with Gasteiger partial charge in [-0.3, -0.25) is 13.6 Å². The Morgan fingerprint density at radius 1 is 0.607 bits per heavy atom. The highest BCUT2D eigenvalue weighted by Crippen LogP contribution is 2.49. The molecule has 170 valence electrons. The minimum Gasteiger partial charge on any atom is -0.287 e. The van der Waals surface area contributed by atoms with E-state index in [1.807, 2.05) is 0 Å². The van der Waals surface area contributed by atoms with Crippen molar-refractivity contribution in [2.75, 3.05) is 25.7 Å². The van der Waals surface area contributed by atoms with E-state index in [1.54, 1.807) is 0 Å². The Labute approximate surface area is 180 Å². The fourth-order valence-electron chi connectivity index (χ4n) is 2.98. The Balaban J connectivity index is 3.82. The molecule has 28 heavy (non-hydrogen) atoms. The molecular formula is C22H46ClO4P. The summed E-state index contributed by atoms with van der Waals surface area (Å²) in [5, 5.41) is 0. The molecule has 0 saturated heterocycles. The van der Waals surface area contributed by atoms with Gasteiger partial charge in [-0.25, -0.2) is 4.57 Å². The van der Waals surface area contributed by atoms with Crippen LogP contribution < -0.4 is 0 Å². The van der Waals surface area contributed by atoms with Gasteiger partial charge in [0.05, 0.1) is 19.8 Å². The van der Waals surface area contributed by atoms with Crippen LogP contribution in [0.3, 0.4) is 0 Å².